The largest absolute Gasteiger partial charge is 0.416 e. The van der Waals surface area contributed by atoms with Crippen molar-refractivity contribution in [1.82, 2.24) is 0 Å². The van der Waals surface area contributed by atoms with Gasteiger partial charge in [0.2, 0.25) is 0 Å². The molecule has 0 saturated heterocycles. The van der Waals surface area contributed by atoms with Gasteiger partial charge in [-0.2, -0.15) is 13.2 Å². The van der Waals surface area contributed by atoms with Crippen LogP contribution in [0.1, 0.15) is 28.4 Å². The summed E-state index contributed by atoms with van der Waals surface area (Å²) in [6.45, 7) is 2.12. The summed E-state index contributed by atoms with van der Waals surface area (Å²) >= 11 is 5.94. The standard InChI is InChI=1S/C23H18ClF5N2O/c1-2-31(20-12-15(23(27,28)29)7-6-14(20)13-24)17-10-8-16(9-11-17)30-22(32)21-18(25)4-3-5-19(21)26/h3-12H,2,13H2,1H3,(H,30,32). The zero-order valence-corrected chi connectivity index (χ0v) is 17.6. The van der Waals surface area contributed by atoms with Crippen molar-refractivity contribution in [2.45, 2.75) is 19.0 Å². The van der Waals surface area contributed by atoms with Crippen LogP contribution in [-0.4, -0.2) is 12.5 Å². The van der Waals surface area contributed by atoms with E-state index < -0.39 is 34.8 Å². The lowest BCUT2D eigenvalue weighted by Crippen LogP contribution is -2.19. The van der Waals surface area contributed by atoms with Crippen LogP contribution in [0.15, 0.2) is 60.7 Å². The van der Waals surface area contributed by atoms with Gasteiger partial charge in [-0.3, -0.25) is 4.79 Å². The Labute approximate surface area is 186 Å². The fourth-order valence-electron chi connectivity index (χ4n) is 3.23. The molecule has 0 aliphatic rings. The molecule has 0 spiro atoms. The van der Waals surface area contributed by atoms with Gasteiger partial charge < -0.3 is 10.2 Å². The topological polar surface area (TPSA) is 32.3 Å². The number of anilines is 3. The zero-order valence-electron chi connectivity index (χ0n) is 16.8. The van der Waals surface area contributed by atoms with Crippen LogP contribution in [0, 0.1) is 11.6 Å². The van der Waals surface area contributed by atoms with Crippen LogP contribution in [-0.2, 0) is 12.1 Å². The van der Waals surface area contributed by atoms with Crippen LogP contribution in [0.5, 0.6) is 0 Å². The fraction of sp³-hybridized carbons (Fsp3) is 0.174. The molecule has 0 aromatic heterocycles. The lowest BCUT2D eigenvalue weighted by Gasteiger charge is -2.27. The smallest absolute Gasteiger partial charge is 0.341 e. The van der Waals surface area contributed by atoms with Crippen LogP contribution in [0.25, 0.3) is 0 Å². The molecule has 0 aliphatic carbocycles. The molecule has 3 nitrogen and oxygen atoms in total. The van der Waals surface area contributed by atoms with Crippen molar-refractivity contribution in [1.29, 1.82) is 0 Å². The van der Waals surface area contributed by atoms with Crippen molar-refractivity contribution < 1.29 is 26.7 Å². The Kier molecular flexibility index (Phi) is 7.03. The van der Waals surface area contributed by atoms with Crippen molar-refractivity contribution >= 4 is 34.6 Å². The summed E-state index contributed by atoms with van der Waals surface area (Å²) in [5.74, 6) is -2.92. The molecule has 0 unspecified atom stereocenters. The first-order chi connectivity index (χ1) is 15.2. The van der Waals surface area contributed by atoms with Crippen LogP contribution in [0.4, 0.5) is 39.0 Å². The van der Waals surface area contributed by atoms with Crippen LogP contribution < -0.4 is 10.2 Å². The molecule has 0 bridgehead atoms. The first-order valence-electron chi connectivity index (χ1n) is 9.54. The van der Waals surface area contributed by atoms with E-state index in [2.05, 4.69) is 5.32 Å². The quantitative estimate of drug-likeness (QED) is 0.308. The van der Waals surface area contributed by atoms with E-state index in [1.807, 2.05) is 0 Å². The van der Waals surface area contributed by atoms with Gasteiger partial charge in [0.05, 0.1) is 5.56 Å². The van der Waals surface area contributed by atoms with E-state index in [0.29, 0.717) is 23.5 Å². The van der Waals surface area contributed by atoms with E-state index in [4.69, 9.17) is 11.6 Å². The number of hydrogen-bond donors (Lipinski definition) is 1. The number of hydrogen-bond acceptors (Lipinski definition) is 2. The molecule has 3 rings (SSSR count). The second kappa shape index (κ2) is 9.56. The molecule has 1 N–H and O–H groups in total. The SMILES string of the molecule is CCN(c1ccc(NC(=O)c2c(F)cccc2F)cc1)c1cc(C(F)(F)F)ccc1CCl. The van der Waals surface area contributed by atoms with Gasteiger partial charge in [-0.05, 0) is 61.0 Å². The number of benzene rings is 3. The van der Waals surface area contributed by atoms with E-state index >= 15 is 0 Å². The monoisotopic (exact) mass is 468 g/mol. The van der Waals surface area contributed by atoms with Crippen molar-refractivity contribution in [3.63, 3.8) is 0 Å². The Morgan fingerprint density at radius 3 is 2.16 bits per heavy atom. The average molecular weight is 469 g/mol. The molecule has 0 radical (unpaired) electrons. The molecule has 3 aromatic carbocycles. The molecule has 32 heavy (non-hydrogen) atoms. The molecule has 0 heterocycles. The van der Waals surface area contributed by atoms with Gasteiger partial charge in [0, 0.05) is 29.5 Å². The number of carbonyl (C=O) groups excluding carboxylic acids is 1. The maximum Gasteiger partial charge on any atom is 0.416 e. The van der Waals surface area contributed by atoms with E-state index in [9.17, 15) is 26.7 Å². The average Bonchev–Trinajstić information content (AvgIpc) is 2.74. The van der Waals surface area contributed by atoms with Gasteiger partial charge in [0.25, 0.3) is 5.91 Å². The predicted molar refractivity (Wildman–Crippen MR) is 114 cm³/mol. The number of amides is 1. The molecular weight excluding hydrogens is 451 g/mol. The third-order valence-electron chi connectivity index (χ3n) is 4.79. The molecule has 0 aliphatic heterocycles. The summed E-state index contributed by atoms with van der Waals surface area (Å²) in [5.41, 5.74) is 0.141. The summed E-state index contributed by atoms with van der Waals surface area (Å²) in [5, 5.41) is 2.41. The van der Waals surface area contributed by atoms with Gasteiger partial charge in [-0.1, -0.05) is 12.1 Å². The number of alkyl halides is 4. The first kappa shape index (κ1) is 23.5. The van der Waals surface area contributed by atoms with E-state index in [1.54, 1.807) is 24.0 Å². The molecule has 0 fully saturated rings. The minimum Gasteiger partial charge on any atom is -0.341 e. The van der Waals surface area contributed by atoms with E-state index in [1.165, 1.54) is 18.2 Å². The summed E-state index contributed by atoms with van der Waals surface area (Å²) in [4.78, 5) is 13.9. The summed E-state index contributed by atoms with van der Waals surface area (Å²) in [7, 11) is 0. The highest BCUT2D eigenvalue weighted by Gasteiger charge is 2.31. The molecule has 1 amide bonds. The third kappa shape index (κ3) is 5.02. The molecule has 0 atom stereocenters. The number of carbonyl (C=O) groups is 1. The third-order valence-corrected chi connectivity index (χ3v) is 5.08. The van der Waals surface area contributed by atoms with E-state index in [0.717, 1.165) is 30.3 Å². The number of nitrogens with zero attached hydrogens (tertiary/aromatic N) is 1. The summed E-state index contributed by atoms with van der Waals surface area (Å²) in [6, 6.07) is 12.6. The lowest BCUT2D eigenvalue weighted by atomic mass is 10.1. The van der Waals surface area contributed by atoms with Gasteiger partial charge in [0.15, 0.2) is 0 Å². The Hall–Kier alpha value is -3.13. The van der Waals surface area contributed by atoms with Crippen molar-refractivity contribution in [2.75, 3.05) is 16.8 Å². The van der Waals surface area contributed by atoms with Crippen molar-refractivity contribution in [2.24, 2.45) is 0 Å². The van der Waals surface area contributed by atoms with E-state index in [-0.39, 0.29) is 11.6 Å². The van der Waals surface area contributed by atoms with Gasteiger partial charge >= 0.3 is 6.18 Å². The molecular formula is C23H18ClF5N2O. The maximum absolute atomic E-state index is 13.8. The second-order valence-corrected chi connectivity index (χ2v) is 7.08. The van der Waals surface area contributed by atoms with Crippen LogP contribution in [0.3, 0.4) is 0 Å². The van der Waals surface area contributed by atoms with Crippen LogP contribution >= 0.6 is 11.6 Å². The maximum atomic E-state index is 13.8. The number of halogens is 6. The second-order valence-electron chi connectivity index (χ2n) is 6.82. The predicted octanol–water partition coefficient (Wildman–Crippen LogP) is 7.13. The zero-order chi connectivity index (χ0) is 23.5. The Morgan fingerprint density at radius 1 is 1.00 bits per heavy atom. The molecule has 9 heteroatoms. The highest BCUT2D eigenvalue weighted by molar-refractivity contribution is 6.17. The Balaban J connectivity index is 1.88. The highest BCUT2D eigenvalue weighted by atomic mass is 35.5. The van der Waals surface area contributed by atoms with Gasteiger partial charge in [-0.15, -0.1) is 11.6 Å². The summed E-state index contributed by atoms with van der Waals surface area (Å²) < 4.78 is 67.2. The first-order valence-corrected chi connectivity index (χ1v) is 10.1. The molecule has 168 valence electrons. The van der Waals surface area contributed by atoms with Gasteiger partial charge in [-0.25, -0.2) is 8.78 Å². The number of rotatable bonds is 6. The normalized spacial score (nSPS) is 11.3. The lowest BCUT2D eigenvalue weighted by molar-refractivity contribution is -0.137. The van der Waals surface area contributed by atoms with Crippen molar-refractivity contribution in [3.8, 4) is 0 Å². The fourth-order valence-corrected chi connectivity index (χ4v) is 3.46. The molecule has 0 saturated carbocycles. The Morgan fingerprint density at radius 2 is 1.62 bits per heavy atom. The van der Waals surface area contributed by atoms with Crippen LogP contribution in [0.2, 0.25) is 0 Å². The minimum absolute atomic E-state index is 0.0202. The summed E-state index contributed by atoms with van der Waals surface area (Å²) in [6.07, 6.45) is -4.50. The highest BCUT2D eigenvalue weighted by Crippen LogP contribution is 2.36. The minimum atomic E-state index is -4.50. The molecule has 3 aromatic rings. The Bertz CT molecular complexity index is 1100. The number of nitrogens with one attached hydrogen (secondary N) is 1. The van der Waals surface area contributed by atoms with Crippen molar-refractivity contribution in [3.05, 3.63) is 89.0 Å². The van der Waals surface area contributed by atoms with Gasteiger partial charge in [0.1, 0.15) is 17.2 Å².